The Hall–Kier alpha value is -2.15. The van der Waals surface area contributed by atoms with Crippen molar-refractivity contribution in [3.63, 3.8) is 0 Å². The van der Waals surface area contributed by atoms with Crippen molar-refractivity contribution in [1.29, 1.82) is 0 Å². The second-order valence-corrected chi connectivity index (χ2v) is 6.30. The molecule has 0 N–H and O–H groups in total. The monoisotopic (exact) mass is 316 g/mol. The number of aryl methyl sites for hydroxylation is 1. The zero-order valence-electron chi connectivity index (χ0n) is 13.1. The first-order chi connectivity index (χ1) is 11.2. The number of amides is 1. The standard InChI is InChI=1S/C16H20N4O3/c1-19-13-4-6-20(16(21)12-5-7-22-9-12)14(15(13)17-18-19)10-23-8-11-2-3-11/h5,7,9,11,14H,2-4,6,8,10H2,1H3/t14-/m1/s1. The Bertz CT molecular complexity index is 690. The predicted molar refractivity (Wildman–Crippen MR) is 80.7 cm³/mol. The number of hydrogen-bond acceptors (Lipinski definition) is 5. The lowest BCUT2D eigenvalue weighted by Gasteiger charge is -2.34. The summed E-state index contributed by atoms with van der Waals surface area (Å²) in [5.41, 5.74) is 2.50. The molecule has 1 saturated carbocycles. The predicted octanol–water partition coefficient (Wildman–Crippen LogP) is 1.57. The molecule has 3 heterocycles. The smallest absolute Gasteiger partial charge is 0.257 e. The number of aromatic nitrogens is 3. The van der Waals surface area contributed by atoms with E-state index in [-0.39, 0.29) is 11.9 Å². The second-order valence-electron chi connectivity index (χ2n) is 6.30. The Morgan fingerprint density at radius 3 is 3.04 bits per heavy atom. The minimum absolute atomic E-state index is 0.0462. The summed E-state index contributed by atoms with van der Waals surface area (Å²) >= 11 is 0. The average Bonchev–Trinajstić information content (AvgIpc) is 3.07. The highest BCUT2D eigenvalue weighted by atomic mass is 16.5. The Kier molecular flexibility index (Phi) is 3.65. The van der Waals surface area contributed by atoms with Crippen LogP contribution in [0.4, 0.5) is 0 Å². The van der Waals surface area contributed by atoms with Gasteiger partial charge in [-0.25, -0.2) is 0 Å². The second kappa shape index (κ2) is 5.81. The van der Waals surface area contributed by atoms with Gasteiger partial charge >= 0.3 is 0 Å². The molecule has 0 radical (unpaired) electrons. The summed E-state index contributed by atoms with van der Waals surface area (Å²) < 4.78 is 12.7. The van der Waals surface area contributed by atoms with E-state index in [2.05, 4.69) is 10.3 Å². The van der Waals surface area contributed by atoms with E-state index in [1.807, 2.05) is 11.9 Å². The molecule has 2 aromatic rings. The van der Waals surface area contributed by atoms with Gasteiger partial charge in [0.2, 0.25) is 0 Å². The first-order valence-corrected chi connectivity index (χ1v) is 8.03. The van der Waals surface area contributed by atoms with Gasteiger partial charge in [0.05, 0.1) is 24.1 Å². The van der Waals surface area contributed by atoms with Crippen LogP contribution < -0.4 is 0 Å². The number of furan rings is 1. The molecule has 1 fully saturated rings. The fourth-order valence-corrected chi connectivity index (χ4v) is 3.07. The molecule has 122 valence electrons. The lowest BCUT2D eigenvalue weighted by molar-refractivity contribution is 0.0355. The molecule has 7 heteroatoms. The maximum absolute atomic E-state index is 12.8. The van der Waals surface area contributed by atoms with E-state index in [9.17, 15) is 4.79 Å². The fraction of sp³-hybridized carbons (Fsp3) is 0.562. The quantitative estimate of drug-likeness (QED) is 0.837. The van der Waals surface area contributed by atoms with Crippen LogP contribution in [0.1, 0.15) is 40.6 Å². The van der Waals surface area contributed by atoms with Crippen LogP contribution in [-0.4, -0.2) is 45.6 Å². The van der Waals surface area contributed by atoms with Gasteiger partial charge in [0.15, 0.2) is 0 Å². The molecule has 0 spiro atoms. The summed E-state index contributed by atoms with van der Waals surface area (Å²) in [7, 11) is 1.89. The van der Waals surface area contributed by atoms with E-state index >= 15 is 0 Å². The van der Waals surface area contributed by atoms with Crippen molar-refractivity contribution in [2.75, 3.05) is 19.8 Å². The van der Waals surface area contributed by atoms with Crippen molar-refractivity contribution in [1.82, 2.24) is 19.9 Å². The number of carbonyl (C=O) groups is 1. The third-order valence-corrected chi connectivity index (χ3v) is 4.61. The highest BCUT2D eigenvalue weighted by Gasteiger charge is 2.35. The van der Waals surface area contributed by atoms with Crippen molar-refractivity contribution in [3.8, 4) is 0 Å². The van der Waals surface area contributed by atoms with Crippen molar-refractivity contribution in [2.45, 2.75) is 25.3 Å². The molecule has 1 amide bonds. The van der Waals surface area contributed by atoms with Crippen LogP contribution in [0.15, 0.2) is 23.0 Å². The first kappa shape index (κ1) is 14.4. The molecule has 2 aliphatic rings. The summed E-state index contributed by atoms with van der Waals surface area (Å²) in [6.07, 6.45) is 6.25. The minimum atomic E-state index is -0.186. The summed E-state index contributed by atoms with van der Waals surface area (Å²) in [5, 5.41) is 8.40. The molecule has 7 nitrogen and oxygen atoms in total. The van der Waals surface area contributed by atoms with Crippen molar-refractivity contribution < 1.29 is 13.9 Å². The Balaban J connectivity index is 1.57. The van der Waals surface area contributed by atoms with Crippen LogP contribution in [0, 0.1) is 5.92 Å². The summed E-state index contributed by atoms with van der Waals surface area (Å²) in [5.74, 6) is 0.646. The Labute approximate surface area is 134 Å². The largest absolute Gasteiger partial charge is 0.472 e. The zero-order valence-corrected chi connectivity index (χ0v) is 13.1. The van der Waals surface area contributed by atoms with Gasteiger partial charge in [-0.1, -0.05) is 5.21 Å². The number of fused-ring (bicyclic) bond motifs is 1. The highest BCUT2D eigenvalue weighted by molar-refractivity contribution is 5.94. The molecule has 2 aromatic heterocycles. The summed E-state index contributed by atoms with van der Waals surface area (Å²) in [6, 6.07) is 1.50. The lowest BCUT2D eigenvalue weighted by atomic mass is 10.0. The maximum Gasteiger partial charge on any atom is 0.257 e. The molecule has 1 atom stereocenters. The Morgan fingerprint density at radius 1 is 1.43 bits per heavy atom. The van der Waals surface area contributed by atoms with Gasteiger partial charge in [-0.2, -0.15) is 0 Å². The van der Waals surface area contributed by atoms with Gasteiger partial charge in [0.1, 0.15) is 18.0 Å². The topological polar surface area (TPSA) is 73.4 Å². The van der Waals surface area contributed by atoms with Gasteiger partial charge < -0.3 is 14.1 Å². The molecule has 1 aliphatic heterocycles. The molecular weight excluding hydrogens is 296 g/mol. The minimum Gasteiger partial charge on any atom is -0.472 e. The molecule has 1 aliphatic carbocycles. The van der Waals surface area contributed by atoms with E-state index in [0.29, 0.717) is 24.6 Å². The summed E-state index contributed by atoms with van der Waals surface area (Å²) in [6.45, 7) is 1.86. The van der Waals surface area contributed by atoms with Crippen LogP contribution in [0.25, 0.3) is 0 Å². The third kappa shape index (κ3) is 2.76. The van der Waals surface area contributed by atoms with Crippen molar-refractivity contribution in [3.05, 3.63) is 35.5 Å². The van der Waals surface area contributed by atoms with Gasteiger partial charge in [0, 0.05) is 26.6 Å². The fourth-order valence-electron chi connectivity index (χ4n) is 3.07. The van der Waals surface area contributed by atoms with E-state index in [1.165, 1.54) is 25.4 Å². The van der Waals surface area contributed by atoms with Crippen molar-refractivity contribution >= 4 is 5.91 Å². The average molecular weight is 316 g/mol. The van der Waals surface area contributed by atoms with E-state index < -0.39 is 0 Å². The number of ether oxygens (including phenoxy) is 1. The molecule has 0 saturated heterocycles. The van der Waals surface area contributed by atoms with E-state index in [0.717, 1.165) is 24.4 Å². The van der Waals surface area contributed by atoms with Crippen LogP contribution in [-0.2, 0) is 18.2 Å². The van der Waals surface area contributed by atoms with Crippen molar-refractivity contribution in [2.24, 2.45) is 13.0 Å². The van der Waals surface area contributed by atoms with E-state index in [4.69, 9.17) is 9.15 Å². The van der Waals surface area contributed by atoms with Gasteiger partial charge in [0.25, 0.3) is 5.91 Å². The molecule has 4 rings (SSSR count). The first-order valence-electron chi connectivity index (χ1n) is 8.03. The Morgan fingerprint density at radius 2 is 2.30 bits per heavy atom. The SMILES string of the molecule is Cn1nnc2c1CCN(C(=O)c1ccoc1)[C@@H]2COCC1CC1. The normalized spacial score (nSPS) is 20.6. The van der Waals surface area contributed by atoms with Crippen LogP contribution >= 0.6 is 0 Å². The lowest BCUT2D eigenvalue weighted by Crippen LogP contribution is -2.42. The summed E-state index contributed by atoms with van der Waals surface area (Å²) in [4.78, 5) is 14.6. The molecule has 23 heavy (non-hydrogen) atoms. The van der Waals surface area contributed by atoms with Crippen LogP contribution in [0.2, 0.25) is 0 Å². The van der Waals surface area contributed by atoms with Gasteiger partial charge in [-0.3, -0.25) is 9.48 Å². The van der Waals surface area contributed by atoms with Gasteiger partial charge in [-0.15, -0.1) is 5.10 Å². The highest BCUT2D eigenvalue weighted by Crippen LogP contribution is 2.32. The number of rotatable bonds is 5. The number of nitrogens with zero attached hydrogens (tertiary/aromatic N) is 4. The van der Waals surface area contributed by atoms with Crippen LogP contribution in [0.3, 0.4) is 0 Å². The number of carbonyl (C=O) groups excluding carboxylic acids is 1. The number of hydrogen-bond donors (Lipinski definition) is 0. The molecular formula is C16H20N4O3. The molecule has 0 unspecified atom stereocenters. The maximum atomic E-state index is 12.8. The molecule has 0 aromatic carbocycles. The molecule has 0 bridgehead atoms. The van der Waals surface area contributed by atoms with E-state index in [1.54, 1.807) is 10.7 Å². The third-order valence-electron chi connectivity index (χ3n) is 4.61. The zero-order chi connectivity index (χ0) is 15.8. The van der Waals surface area contributed by atoms with Crippen LogP contribution in [0.5, 0.6) is 0 Å². The van der Waals surface area contributed by atoms with Gasteiger partial charge in [-0.05, 0) is 24.8 Å².